The molecule has 21 heavy (non-hydrogen) atoms. The molecule has 0 unspecified atom stereocenters. The van der Waals surface area contributed by atoms with E-state index < -0.39 is 0 Å². The van der Waals surface area contributed by atoms with Gasteiger partial charge in [-0.25, -0.2) is 4.39 Å². The Kier molecular flexibility index (Phi) is 3.60. The van der Waals surface area contributed by atoms with Crippen molar-refractivity contribution in [2.75, 3.05) is 29.9 Å². The maximum absolute atomic E-state index is 13.6. The molecule has 110 valence electrons. The summed E-state index contributed by atoms with van der Waals surface area (Å²) in [4.78, 5) is 16.3. The van der Waals surface area contributed by atoms with Gasteiger partial charge in [-0.15, -0.1) is 0 Å². The third-order valence-electron chi connectivity index (χ3n) is 3.72. The Morgan fingerprint density at radius 2 is 2.19 bits per heavy atom. The summed E-state index contributed by atoms with van der Waals surface area (Å²) in [6, 6.07) is 6.36. The van der Waals surface area contributed by atoms with Crippen molar-refractivity contribution in [2.24, 2.45) is 0 Å². The number of amides is 1. The number of aromatic amines is 1. The largest absolute Gasteiger partial charge is 0.373 e. The number of nitrogens with zero attached hydrogens (tertiary/aromatic N) is 3. The van der Waals surface area contributed by atoms with E-state index >= 15 is 0 Å². The van der Waals surface area contributed by atoms with Gasteiger partial charge in [0.15, 0.2) is 0 Å². The van der Waals surface area contributed by atoms with Crippen LogP contribution in [0.4, 0.5) is 15.8 Å². The molecule has 1 aliphatic heterocycles. The summed E-state index contributed by atoms with van der Waals surface area (Å²) in [7, 11) is 1.96. The average molecular weight is 288 g/mol. The molecule has 2 aromatic rings. The van der Waals surface area contributed by atoms with Gasteiger partial charge >= 0.3 is 0 Å². The molecule has 0 bridgehead atoms. The van der Waals surface area contributed by atoms with Crippen LogP contribution < -0.4 is 9.80 Å². The standard InChI is InChI=1S/C15H17FN4O/c1-19-7-2-8-20(14-9-11(16)3-4-13(14)19)15(21)10-12-5-6-17-18-12/h3-6,9H,2,7-8,10H2,1H3,(H,17,18). The summed E-state index contributed by atoms with van der Waals surface area (Å²) < 4.78 is 13.6. The predicted octanol–water partition coefficient (Wildman–Crippen LogP) is 1.96. The maximum Gasteiger partial charge on any atom is 0.233 e. The Labute approximate surface area is 122 Å². The van der Waals surface area contributed by atoms with E-state index in [1.807, 2.05) is 7.05 Å². The Bertz CT molecular complexity index is 641. The van der Waals surface area contributed by atoms with E-state index in [9.17, 15) is 9.18 Å². The summed E-state index contributed by atoms with van der Waals surface area (Å²) in [5.41, 5.74) is 2.28. The maximum atomic E-state index is 13.6. The average Bonchev–Trinajstić information content (AvgIpc) is 2.90. The Morgan fingerprint density at radius 1 is 1.33 bits per heavy atom. The molecular weight excluding hydrogens is 271 g/mol. The number of halogens is 1. The van der Waals surface area contributed by atoms with Crippen LogP contribution in [-0.2, 0) is 11.2 Å². The number of anilines is 2. The third-order valence-corrected chi connectivity index (χ3v) is 3.72. The zero-order chi connectivity index (χ0) is 14.8. The molecule has 0 atom stereocenters. The van der Waals surface area contributed by atoms with Gasteiger partial charge in [-0.1, -0.05) is 0 Å². The van der Waals surface area contributed by atoms with E-state index in [2.05, 4.69) is 15.1 Å². The number of aromatic nitrogens is 2. The summed E-state index contributed by atoms with van der Waals surface area (Å²) in [5.74, 6) is -0.384. The molecule has 1 aromatic carbocycles. The van der Waals surface area contributed by atoms with Crippen LogP contribution in [0.25, 0.3) is 0 Å². The SMILES string of the molecule is CN1CCCN(C(=O)Cc2ccn[nH]2)c2cc(F)ccc21. The Hall–Kier alpha value is -2.37. The molecule has 1 aromatic heterocycles. The van der Waals surface area contributed by atoms with Crippen LogP contribution in [0.15, 0.2) is 30.5 Å². The van der Waals surface area contributed by atoms with E-state index in [0.29, 0.717) is 12.2 Å². The number of nitrogens with one attached hydrogen (secondary N) is 1. The number of fused-ring (bicyclic) bond motifs is 1. The third kappa shape index (κ3) is 2.74. The van der Waals surface area contributed by atoms with Gasteiger partial charge in [0.1, 0.15) is 5.82 Å². The highest BCUT2D eigenvalue weighted by Gasteiger charge is 2.24. The second-order valence-electron chi connectivity index (χ2n) is 5.21. The molecule has 0 fully saturated rings. The lowest BCUT2D eigenvalue weighted by Crippen LogP contribution is -2.33. The first kappa shape index (κ1) is 13.6. The normalized spacial score (nSPS) is 14.8. The Morgan fingerprint density at radius 3 is 2.95 bits per heavy atom. The first-order valence-corrected chi connectivity index (χ1v) is 6.94. The first-order valence-electron chi connectivity index (χ1n) is 6.94. The highest BCUT2D eigenvalue weighted by Crippen LogP contribution is 2.32. The lowest BCUT2D eigenvalue weighted by atomic mass is 10.2. The molecule has 5 nitrogen and oxygen atoms in total. The lowest BCUT2D eigenvalue weighted by molar-refractivity contribution is -0.118. The molecule has 3 rings (SSSR count). The molecule has 0 saturated carbocycles. The highest BCUT2D eigenvalue weighted by molar-refractivity contribution is 5.98. The van der Waals surface area contributed by atoms with Gasteiger partial charge in [-0.05, 0) is 30.7 Å². The Balaban J connectivity index is 1.93. The van der Waals surface area contributed by atoms with Gasteiger partial charge in [0.25, 0.3) is 0 Å². The number of hydrogen-bond acceptors (Lipinski definition) is 3. The van der Waals surface area contributed by atoms with Gasteiger partial charge in [-0.3, -0.25) is 9.89 Å². The van der Waals surface area contributed by atoms with Crippen molar-refractivity contribution in [3.63, 3.8) is 0 Å². The zero-order valence-corrected chi connectivity index (χ0v) is 11.8. The topological polar surface area (TPSA) is 52.2 Å². The van der Waals surface area contributed by atoms with Crippen molar-refractivity contribution < 1.29 is 9.18 Å². The van der Waals surface area contributed by atoms with E-state index in [0.717, 1.165) is 24.3 Å². The van der Waals surface area contributed by atoms with E-state index in [1.54, 1.807) is 23.2 Å². The number of rotatable bonds is 2. The summed E-state index contributed by atoms with van der Waals surface area (Å²) in [5, 5.41) is 6.63. The van der Waals surface area contributed by atoms with Gasteiger partial charge in [0.05, 0.1) is 17.8 Å². The van der Waals surface area contributed by atoms with Crippen molar-refractivity contribution in [2.45, 2.75) is 12.8 Å². The minimum absolute atomic E-state index is 0.0543. The number of H-pyrrole nitrogens is 1. The number of carbonyl (C=O) groups is 1. The minimum Gasteiger partial charge on any atom is -0.373 e. The second-order valence-corrected chi connectivity index (χ2v) is 5.21. The lowest BCUT2D eigenvalue weighted by Gasteiger charge is -2.24. The smallest absolute Gasteiger partial charge is 0.233 e. The van der Waals surface area contributed by atoms with Crippen LogP contribution in [0.5, 0.6) is 0 Å². The molecule has 0 aliphatic carbocycles. The molecule has 2 heterocycles. The first-order chi connectivity index (χ1) is 10.1. The van der Waals surface area contributed by atoms with Crippen molar-refractivity contribution in [3.05, 3.63) is 42.0 Å². The molecule has 0 saturated heterocycles. The van der Waals surface area contributed by atoms with Crippen molar-refractivity contribution in [1.29, 1.82) is 0 Å². The quantitative estimate of drug-likeness (QED) is 0.919. The van der Waals surface area contributed by atoms with Crippen molar-refractivity contribution in [3.8, 4) is 0 Å². The molecule has 6 heteroatoms. The van der Waals surface area contributed by atoms with Crippen LogP contribution in [0.1, 0.15) is 12.1 Å². The molecule has 0 spiro atoms. The molecule has 1 aliphatic rings. The molecular formula is C15H17FN4O. The van der Waals surface area contributed by atoms with Crippen molar-refractivity contribution in [1.82, 2.24) is 10.2 Å². The zero-order valence-electron chi connectivity index (χ0n) is 11.8. The second kappa shape index (κ2) is 5.55. The number of benzene rings is 1. The number of carbonyl (C=O) groups excluding carboxylic acids is 1. The van der Waals surface area contributed by atoms with E-state index in [-0.39, 0.29) is 18.1 Å². The molecule has 1 amide bonds. The van der Waals surface area contributed by atoms with Gasteiger partial charge < -0.3 is 9.80 Å². The van der Waals surface area contributed by atoms with Gasteiger partial charge in [0, 0.05) is 32.0 Å². The predicted molar refractivity (Wildman–Crippen MR) is 78.9 cm³/mol. The van der Waals surface area contributed by atoms with Crippen LogP contribution in [0.2, 0.25) is 0 Å². The molecule has 1 N–H and O–H groups in total. The van der Waals surface area contributed by atoms with Gasteiger partial charge in [-0.2, -0.15) is 5.10 Å². The summed E-state index contributed by atoms with van der Waals surface area (Å²) >= 11 is 0. The van der Waals surface area contributed by atoms with Crippen LogP contribution in [-0.4, -0.2) is 36.2 Å². The molecule has 0 radical (unpaired) electrons. The summed E-state index contributed by atoms with van der Waals surface area (Å²) in [6.07, 6.45) is 2.70. The minimum atomic E-state index is -0.330. The van der Waals surface area contributed by atoms with Crippen LogP contribution in [0, 0.1) is 5.82 Å². The van der Waals surface area contributed by atoms with Crippen LogP contribution in [0.3, 0.4) is 0 Å². The van der Waals surface area contributed by atoms with Gasteiger partial charge in [0.2, 0.25) is 5.91 Å². The van der Waals surface area contributed by atoms with Crippen LogP contribution >= 0.6 is 0 Å². The monoisotopic (exact) mass is 288 g/mol. The van der Waals surface area contributed by atoms with E-state index in [4.69, 9.17) is 0 Å². The summed E-state index contributed by atoms with van der Waals surface area (Å²) in [6.45, 7) is 1.43. The highest BCUT2D eigenvalue weighted by atomic mass is 19.1. The van der Waals surface area contributed by atoms with E-state index in [1.165, 1.54) is 12.1 Å². The number of hydrogen-bond donors (Lipinski definition) is 1. The fourth-order valence-electron chi connectivity index (χ4n) is 2.64. The fourth-order valence-corrected chi connectivity index (χ4v) is 2.64. The fraction of sp³-hybridized carbons (Fsp3) is 0.333. The van der Waals surface area contributed by atoms with Crippen molar-refractivity contribution >= 4 is 17.3 Å².